The largest absolute Gasteiger partial charge is 0.478 e. The summed E-state index contributed by atoms with van der Waals surface area (Å²) in [7, 11) is -4.94. The van der Waals surface area contributed by atoms with Crippen LogP contribution in [0.3, 0.4) is 0 Å². The maximum Gasteiger partial charge on any atom is 0.336 e. The number of imide groups is 1. The van der Waals surface area contributed by atoms with E-state index in [0.717, 1.165) is 68.0 Å². The molecule has 0 bridgehead atoms. The summed E-state index contributed by atoms with van der Waals surface area (Å²) in [5.41, 5.74) is 8.37. The van der Waals surface area contributed by atoms with Gasteiger partial charge in [0.2, 0.25) is 11.3 Å². The van der Waals surface area contributed by atoms with Crippen LogP contribution < -0.4 is 48.7 Å². The van der Waals surface area contributed by atoms with Crippen molar-refractivity contribution in [3.8, 4) is 11.5 Å². The Balaban J connectivity index is 0.000000306. The summed E-state index contributed by atoms with van der Waals surface area (Å²) in [5, 5.41) is 14.8. The van der Waals surface area contributed by atoms with Gasteiger partial charge < -0.3 is 20.1 Å². The van der Waals surface area contributed by atoms with E-state index >= 15 is 0 Å². The highest BCUT2D eigenvalue weighted by Gasteiger charge is 2.36. The lowest BCUT2D eigenvalue weighted by Crippen LogP contribution is -2.68. The van der Waals surface area contributed by atoms with Crippen molar-refractivity contribution in [2.75, 3.05) is 31.1 Å². The second-order valence-corrected chi connectivity index (χ2v) is 16.3. The highest BCUT2D eigenvalue weighted by molar-refractivity contribution is 6.12. The van der Waals surface area contributed by atoms with E-state index in [4.69, 9.17) is 23.4 Å². The average Bonchev–Trinajstić information content (AvgIpc) is 3.44. The van der Waals surface area contributed by atoms with Gasteiger partial charge in [-0.1, -0.05) is 24.3 Å². The lowest BCUT2D eigenvalue weighted by molar-refractivity contribution is -2.00. The molecule has 2 N–H and O–H groups in total. The molecule has 312 valence electrons. The van der Waals surface area contributed by atoms with Crippen LogP contribution in [0.5, 0.6) is 11.5 Å². The zero-order chi connectivity index (χ0) is 43.8. The Kier molecular flexibility index (Phi) is 12.7. The second-order valence-electron chi connectivity index (χ2n) is 15.5. The van der Waals surface area contributed by atoms with Gasteiger partial charge in [0.1, 0.15) is 18.0 Å². The number of anilines is 1. The molecule has 0 saturated heterocycles. The fourth-order valence-electron chi connectivity index (χ4n) is 8.36. The van der Waals surface area contributed by atoms with Crippen LogP contribution in [-0.2, 0) is 14.4 Å². The molecule has 4 aliphatic heterocycles. The zero-order valence-electron chi connectivity index (χ0n) is 34.6. The number of halogens is 1. The first-order valence-electron chi connectivity index (χ1n) is 19.1. The Morgan fingerprint density at radius 1 is 0.847 bits per heavy atom. The highest BCUT2D eigenvalue weighted by Crippen LogP contribution is 2.46. The van der Waals surface area contributed by atoms with E-state index in [0.29, 0.717) is 12.1 Å². The van der Waals surface area contributed by atoms with Crippen LogP contribution in [0, 0.1) is 10.2 Å². The minimum absolute atomic E-state index is 0.134. The summed E-state index contributed by atoms with van der Waals surface area (Å²) in [6.45, 7) is 21.3. The molecule has 0 aromatic heterocycles. The van der Waals surface area contributed by atoms with E-state index in [1.807, 2.05) is 12.1 Å². The summed E-state index contributed by atoms with van der Waals surface area (Å²) in [6.07, 6.45) is 7.07. The number of amides is 3. The number of ether oxygens (including phenoxy) is 1. The zero-order valence-corrected chi connectivity index (χ0v) is 35.4. The third kappa shape index (κ3) is 9.48. The number of likely N-dealkylation sites (N-methyl/N-ethyl adjacent to an activating group) is 2. The van der Waals surface area contributed by atoms with Crippen LogP contribution in [0.1, 0.15) is 94.9 Å². The normalized spacial score (nSPS) is 16.8. The van der Waals surface area contributed by atoms with Gasteiger partial charge >= 0.3 is 5.97 Å². The molecule has 0 saturated carbocycles. The van der Waals surface area contributed by atoms with Crippen LogP contribution in [-0.4, -0.2) is 71.0 Å². The molecule has 0 spiro atoms. The van der Waals surface area contributed by atoms with Crippen LogP contribution in [0.2, 0.25) is 0 Å². The minimum Gasteiger partial charge on any atom is -0.478 e. The topological polar surface area (TPSA) is 212 Å². The molecule has 3 amide bonds. The van der Waals surface area contributed by atoms with Gasteiger partial charge in [-0.2, -0.15) is 0 Å². The Morgan fingerprint density at radius 3 is 2.03 bits per heavy atom. The van der Waals surface area contributed by atoms with Crippen molar-refractivity contribution in [2.24, 2.45) is 0 Å². The summed E-state index contributed by atoms with van der Waals surface area (Å²) in [5.74, 6) is -0.261. The number of carbonyl (C=O) groups excluding carboxylic acids is 3. The maximum absolute atomic E-state index is 12.5. The van der Waals surface area contributed by atoms with Crippen molar-refractivity contribution in [3.05, 3.63) is 111 Å². The quantitative estimate of drug-likeness (QED) is 0.196. The summed E-state index contributed by atoms with van der Waals surface area (Å²) in [4.78, 5) is 48.4. The molecular weight excluding hydrogens is 780 g/mol. The number of allylic oxidation sites excluding steroid dienone is 2. The highest BCUT2D eigenvalue weighted by atomic mass is 35.7. The van der Waals surface area contributed by atoms with E-state index in [1.165, 1.54) is 30.2 Å². The average molecular weight is 829 g/mol. The van der Waals surface area contributed by atoms with Gasteiger partial charge in [-0.15, -0.1) is 10.2 Å². The van der Waals surface area contributed by atoms with Gasteiger partial charge in [-0.05, 0) is 82.5 Å². The molecule has 59 heavy (non-hydrogen) atoms. The van der Waals surface area contributed by atoms with Crippen molar-refractivity contribution in [1.82, 2.24) is 14.8 Å². The molecule has 7 rings (SSSR count). The number of rotatable bonds is 7. The lowest BCUT2D eigenvalue weighted by atomic mass is 9.83. The second kappa shape index (κ2) is 16.9. The van der Waals surface area contributed by atoms with E-state index in [2.05, 4.69) is 107 Å². The van der Waals surface area contributed by atoms with Crippen LogP contribution in [0.4, 0.5) is 5.69 Å². The van der Waals surface area contributed by atoms with E-state index in [1.54, 1.807) is 12.1 Å². The number of benzene rings is 3. The number of carbonyl (C=O) groups is 4. The first-order valence-corrected chi connectivity index (χ1v) is 20.3. The molecule has 15 heteroatoms. The van der Waals surface area contributed by atoms with Gasteiger partial charge in [0.15, 0.2) is 5.54 Å². The van der Waals surface area contributed by atoms with Gasteiger partial charge in [0, 0.05) is 91.8 Å². The van der Waals surface area contributed by atoms with Crippen molar-refractivity contribution < 1.29 is 57.9 Å². The monoisotopic (exact) mass is 828 g/mol. The van der Waals surface area contributed by atoms with Crippen LogP contribution >= 0.6 is 0 Å². The molecule has 4 aliphatic rings. The summed E-state index contributed by atoms with van der Waals surface area (Å²) < 4.78 is 43.2. The van der Waals surface area contributed by atoms with E-state index in [9.17, 15) is 24.3 Å². The Morgan fingerprint density at radius 2 is 1.46 bits per heavy atom. The lowest BCUT2D eigenvalue weighted by Gasteiger charge is -2.43. The molecule has 3 aromatic rings. The summed E-state index contributed by atoms with van der Waals surface area (Å²) in [6, 6.07) is 16.0. The van der Waals surface area contributed by atoms with Gasteiger partial charge in [0.25, 0.3) is 11.8 Å². The van der Waals surface area contributed by atoms with Crippen LogP contribution in [0.25, 0.3) is 16.7 Å². The maximum atomic E-state index is 12.5. The molecule has 3 aromatic carbocycles. The number of hydrogen-bond donors (Lipinski definition) is 2. The number of nitrogens with zero attached hydrogens (tertiary/aromatic N) is 3. The van der Waals surface area contributed by atoms with Crippen molar-refractivity contribution in [1.29, 1.82) is 0 Å². The number of nitrogens with one attached hydrogen (secondary N) is 1. The molecule has 0 unspecified atom stereocenters. The number of aromatic carboxylic acids is 1. The SMILES string of the molecule is CC(=O)NCCN1C(=O)C=CC1=O.CCN1c2cc3c(cc2C(C)=CC1(C)C)C(c1ccccc1C(=O)O)=c1cc2c(cc1O3)=[N+](CC)C(C)(C)C=C2C.[O-][Cl+3]([O-])([O-])[O-]. The summed E-state index contributed by atoms with van der Waals surface area (Å²) >= 11 is 0. The fourth-order valence-corrected chi connectivity index (χ4v) is 8.36. The molecule has 0 radical (unpaired) electrons. The number of fused-ring (bicyclic) bond motifs is 4. The first kappa shape index (κ1) is 44.5. The first-order chi connectivity index (χ1) is 27.5. The van der Waals surface area contributed by atoms with Crippen molar-refractivity contribution in [2.45, 2.75) is 73.4 Å². The third-order valence-corrected chi connectivity index (χ3v) is 10.6. The minimum atomic E-state index is -4.94. The number of carboxylic acid groups (broad SMARTS) is 1. The Bertz CT molecular complexity index is 2440. The predicted molar refractivity (Wildman–Crippen MR) is 212 cm³/mol. The van der Waals surface area contributed by atoms with Gasteiger partial charge in [0.05, 0.1) is 17.2 Å². The van der Waals surface area contributed by atoms with Crippen molar-refractivity contribution in [3.63, 3.8) is 0 Å². The third-order valence-electron chi connectivity index (χ3n) is 10.6. The smallest absolute Gasteiger partial charge is 0.336 e. The molecule has 14 nitrogen and oxygen atoms in total. The van der Waals surface area contributed by atoms with Crippen molar-refractivity contribution >= 4 is 46.1 Å². The van der Waals surface area contributed by atoms with E-state index < -0.39 is 16.2 Å². The predicted octanol–water partition coefficient (Wildman–Crippen LogP) is 0.758. The fraction of sp³-hybridized carbons (Fsp3) is 0.341. The standard InChI is InChI=1S/C36H38N2O3.C8H10N2O3.ClHO4/c1-9-37-29-17-31-27(15-25(29)21(3)19-35(37,5)6)33(23-13-11-12-14-24(23)34(39)40)28-16-26-22(4)20-36(7,8)38(10-2)30(26)18-32(28)41-31;1-6(11)9-4-5-10-7(12)2-3-8(10)13;2-1(3,4)5/h11-20H,9-10H2,1-8H3;2-3H,4-5H2,1H3,(H,9,11);(H,2,3,4,5). The number of carboxylic acids is 1. The van der Waals surface area contributed by atoms with Gasteiger partial charge in [-0.3, -0.25) is 19.3 Å². The number of hydrogen-bond acceptors (Lipinski definition) is 10. The molecular formula is C44H49ClN4O10. The Labute approximate surface area is 345 Å². The van der Waals surface area contributed by atoms with Gasteiger partial charge in [-0.25, -0.2) is 28.0 Å². The van der Waals surface area contributed by atoms with E-state index in [-0.39, 0.29) is 40.9 Å². The van der Waals surface area contributed by atoms with Crippen LogP contribution in [0.15, 0.2) is 72.8 Å². The molecule has 0 aliphatic carbocycles. The molecule has 0 atom stereocenters. The Hall–Kier alpha value is -5.64. The molecule has 4 heterocycles. The molecule has 0 fully saturated rings.